The number of benzene rings is 2. The Bertz CT molecular complexity index is 961. The lowest BCUT2D eigenvalue weighted by Crippen LogP contribution is -2.18. The number of esters is 1. The normalized spacial score (nSPS) is 10.7. The van der Waals surface area contributed by atoms with E-state index in [2.05, 4.69) is 10.6 Å². The van der Waals surface area contributed by atoms with E-state index < -0.39 is 11.9 Å². The Morgan fingerprint density at radius 2 is 1.97 bits per heavy atom. The number of nitrogens with zero attached hydrogens (tertiary/aromatic N) is 1. The molecule has 7 nitrogen and oxygen atoms in total. The van der Waals surface area contributed by atoms with Gasteiger partial charge in [0.15, 0.2) is 0 Å². The van der Waals surface area contributed by atoms with Crippen LogP contribution in [-0.4, -0.2) is 23.6 Å². The maximum atomic E-state index is 12.5. The lowest BCUT2D eigenvalue weighted by Gasteiger charge is -2.11. The third-order valence-electron chi connectivity index (χ3n) is 4.07. The van der Waals surface area contributed by atoms with E-state index in [1.807, 2.05) is 13.0 Å². The van der Waals surface area contributed by atoms with Crippen molar-refractivity contribution in [3.63, 3.8) is 0 Å². The van der Waals surface area contributed by atoms with E-state index in [0.29, 0.717) is 12.3 Å². The molecule has 0 aliphatic carbocycles. The topological polar surface area (TPSA) is 111 Å². The summed E-state index contributed by atoms with van der Waals surface area (Å²) in [4.78, 5) is 24.8. The van der Waals surface area contributed by atoms with E-state index in [4.69, 9.17) is 4.74 Å². The molecule has 2 aromatic carbocycles. The lowest BCUT2D eigenvalue weighted by atomic mass is 10.1. The SMILES string of the molecule is CCCCOC(=O)c1ccccc1NC(=O)/C(C#N)=C\Nc1ccc(O)cc1C. The molecular weight excluding hydrogens is 370 g/mol. The number of nitrogens with one attached hydrogen (secondary N) is 2. The van der Waals surface area contributed by atoms with Crippen LogP contribution in [0.25, 0.3) is 0 Å². The number of hydrogen-bond acceptors (Lipinski definition) is 6. The third kappa shape index (κ3) is 6.11. The lowest BCUT2D eigenvalue weighted by molar-refractivity contribution is -0.112. The molecule has 0 heterocycles. The molecule has 29 heavy (non-hydrogen) atoms. The number of para-hydroxylation sites is 1. The minimum absolute atomic E-state index is 0.123. The summed E-state index contributed by atoms with van der Waals surface area (Å²) in [6.45, 7) is 4.07. The van der Waals surface area contributed by atoms with Gasteiger partial charge in [-0.3, -0.25) is 4.79 Å². The standard InChI is InChI=1S/C22H23N3O4/c1-3-4-11-29-22(28)18-7-5-6-8-20(18)25-21(27)16(13-23)14-24-19-10-9-17(26)12-15(19)2/h5-10,12,14,24,26H,3-4,11H2,1-2H3,(H,25,27)/b16-14-. The van der Waals surface area contributed by atoms with Gasteiger partial charge in [-0.05, 0) is 49.2 Å². The molecule has 2 aromatic rings. The molecule has 0 aliphatic heterocycles. The van der Waals surface area contributed by atoms with Gasteiger partial charge in [-0.25, -0.2) is 4.79 Å². The van der Waals surface area contributed by atoms with Crippen molar-refractivity contribution in [1.82, 2.24) is 0 Å². The van der Waals surface area contributed by atoms with E-state index >= 15 is 0 Å². The van der Waals surface area contributed by atoms with Crippen LogP contribution < -0.4 is 10.6 Å². The second-order valence-corrected chi connectivity index (χ2v) is 6.30. The van der Waals surface area contributed by atoms with Crippen molar-refractivity contribution in [3.05, 3.63) is 65.4 Å². The monoisotopic (exact) mass is 393 g/mol. The molecule has 150 valence electrons. The van der Waals surface area contributed by atoms with E-state index in [0.717, 1.165) is 18.4 Å². The third-order valence-corrected chi connectivity index (χ3v) is 4.07. The Kier molecular flexibility index (Phi) is 7.80. The fourth-order valence-corrected chi connectivity index (χ4v) is 2.46. The molecule has 0 bridgehead atoms. The highest BCUT2D eigenvalue weighted by Crippen LogP contribution is 2.21. The van der Waals surface area contributed by atoms with Gasteiger partial charge in [-0.15, -0.1) is 0 Å². The van der Waals surface area contributed by atoms with Crippen LogP contribution in [0, 0.1) is 18.3 Å². The molecule has 0 radical (unpaired) electrons. The number of aromatic hydroxyl groups is 1. The second kappa shape index (κ2) is 10.5. The number of hydrogen-bond donors (Lipinski definition) is 3. The number of aryl methyl sites for hydroxylation is 1. The number of unbranched alkanes of at least 4 members (excludes halogenated alkanes) is 1. The zero-order valence-electron chi connectivity index (χ0n) is 16.4. The first-order valence-corrected chi connectivity index (χ1v) is 9.20. The summed E-state index contributed by atoms with van der Waals surface area (Å²) in [5.41, 5.74) is 1.70. The second-order valence-electron chi connectivity index (χ2n) is 6.30. The summed E-state index contributed by atoms with van der Waals surface area (Å²) in [5.74, 6) is -1.07. The van der Waals surface area contributed by atoms with Gasteiger partial charge >= 0.3 is 5.97 Å². The zero-order chi connectivity index (χ0) is 21.2. The molecule has 0 aromatic heterocycles. The Morgan fingerprint density at radius 1 is 1.21 bits per heavy atom. The van der Waals surface area contributed by atoms with Gasteiger partial charge in [0.25, 0.3) is 5.91 Å². The fraction of sp³-hybridized carbons (Fsp3) is 0.227. The van der Waals surface area contributed by atoms with Crippen LogP contribution in [0.4, 0.5) is 11.4 Å². The highest BCUT2D eigenvalue weighted by molar-refractivity contribution is 6.09. The van der Waals surface area contributed by atoms with Crippen LogP contribution in [0.3, 0.4) is 0 Å². The van der Waals surface area contributed by atoms with Gasteiger partial charge in [-0.1, -0.05) is 25.5 Å². The van der Waals surface area contributed by atoms with Crippen molar-refractivity contribution in [1.29, 1.82) is 5.26 Å². The summed E-state index contributed by atoms with van der Waals surface area (Å²) in [6.07, 6.45) is 2.93. The molecular formula is C22H23N3O4. The average Bonchev–Trinajstić information content (AvgIpc) is 2.70. The molecule has 7 heteroatoms. The predicted molar refractivity (Wildman–Crippen MR) is 110 cm³/mol. The van der Waals surface area contributed by atoms with Crippen LogP contribution in [0.5, 0.6) is 5.75 Å². The van der Waals surface area contributed by atoms with Gasteiger partial charge in [-0.2, -0.15) is 5.26 Å². The van der Waals surface area contributed by atoms with Crippen molar-refractivity contribution in [3.8, 4) is 11.8 Å². The molecule has 3 N–H and O–H groups in total. The van der Waals surface area contributed by atoms with E-state index in [1.165, 1.54) is 12.3 Å². The zero-order valence-corrected chi connectivity index (χ0v) is 16.4. The number of phenols is 1. The van der Waals surface area contributed by atoms with Crippen molar-refractivity contribution in [2.45, 2.75) is 26.7 Å². The highest BCUT2D eigenvalue weighted by atomic mass is 16.5. The first-order valence-electron chi connectivity index (χ1n) is 9.20. The van der Waals surface area contributed by atoms with Crippen molar-refractivity contribution >= 4 is 23.3 Å². The highest BCUT2D eigenvalue weighted by Gasteiger charge is 2.16. The fourth-order valence-electron chi connectivity index (χ4n) is 2.46. The minimum Gasteiger partial charge on any atom is -0.508 e. The van der Waals surface area contributed by atoms with Crippen LogP contribution in [0.15, 0.2) is 54.2 Å². The molecule has 0 saturated heterocycles. The molecule has 0 atom stereocenters. The van der Waals surface area contributed by atoms with Gasteiger partial charge in [0.1, 0.15) is 17.4 Å². The smallest absolute Gasteiger partial charge is 0.340 e. The Morgan fingerprint density at radius 3 is 2.66 bits per heavy atom. The maximum absolute atomic E-state index is 12.5. The summed E-state index contributed by atoms with van der Waals surface area (Å²) in [6, 6.07) is 13.0. The molecule has 2 rings (SSSR count). The first kappa shape index (κ1) is 21.5. The number of carbonyl (C=O) groups is 2. The van der Waals surface area contributed by atoms with E-state index in [1.54, 1.807) is 43.3 Å². The summed E-state index contributed by atoms with van der Waals surface area (Å²) in [7, 11) is 0. The molecule has 0 unspecified atom stereocenters. The number of carbonyl (C=O) groups excluding carboxylic acids is 2. The van der Waals surface area contributed by atoms with Gasteiger partial charge in [0.2, 0.25) is 0 Å². The number of phenolic OH excluding ortho intramolecular Hbond substituents is 1. The first-order chi connectivity index (χ1) is 14.0. The molecule has 1 amide bonds. The minimum atomic E-state index is -0.662. The van der Waals surface area contributed by atoms with Crippen LogP contribution in [0.1, 0.15) is 35.7 Å². The summed E-state index contributed by atoms with van der Waals surface area (Å²) < 4.78 is 5.20. The molecule has 0 aliphatic rings. The number of nitriles is 1. The summed E-state index contributed by atoms with van der Waals surface area (Å²) >= 11 is 0. The van der Waals surface area contributed by atoms with Crippen molar-refractivity contribution < 1.29 is 19.4 Å². The van der Waals surface area contributed by atoms with Crippen LogP contribution >= 0.6 is 0 Å². The average molecular weight is 393 g/mol. The van der Waals surface area contributed by atoms with Gasteiger partial charge in [0.05, 0.1) is 17.9 Å². The van der Waals surface area contributed by atoms with E-state index in [9.17, 15) is 20.0 Å². The quantitative estimate of drug-likeness (QED) is 0.205. The maximum Gasteiger partial charge on any atom is 0.340 e. The Labute approximate surface area is 169 Å². The van der Waals surface area contributed by atoms with Crippen molar-refractivity contribution in [2.24, 2.45) is 0 Å². The number of amides is 1. The molecule has 0 saturated carbocycles. The molecule has 0 spiro atoms. The number of ether oxygens (including phenoxy) is 1. The summed E-state index contributed by atoms with van der Waals surface area (Å²) in [5, 5.41) is 24.3. The predicted octanol–water partition coefficient (Wildman–Crippen LogP) is 4.12. The van der Waals surface area contributed by atoms with Gasteiger partial charge in [0, 0.05) is 11.9 Å². The van der Waals surface area contributed by atoms with Crippen LogP contribution in [0.2, 0.25) is 0 Å². The Balaban J connectivity index is 2.13. The van der Waals surface area contributed by atoms with E-state index in [-0.39, 0.29) is 22.6 Å². The number of anilines is 2. The largest absolute Gasteiger partial charge is 0.508 e. The Hall–Kier alpha value is -3.79. The van der Waals surface area contributed by atoms with Crippen LogP contribution in [-0.2, 0) is 9.53 Å². The molecule has 0 fully saturated rings. The number of rotatable bonds is 8. The van der Waals surface area contributed by atoms with Crippen molar-refractivity contribution in [2.75, 3.05) is 17.2 Å². The van der Waals surface area contributed by atoms with Gasteiger partial charge < -0.3 is 20.5 Å².